The number of anilines is 1. The Morgan fingerprint density at radius 1 is 1.08 bits per heavy atom. The van der Waals surface area contributed by atoms with Crippen LogP contribution in [-0.2, 0) is 11.0 Å². The van der Waals surface area contributed by atoms with Crippen molar-refractivity contribution in [2.45, 2.75) is 44.2 Å². The highest BCUT2D eigenvalue weighted by atomic mass is 32.2. The zero-order chi connectivity index (χ0) is 26.9. The first-order chi connectivity index (χ1) is 18.3. The molecule has 0 bridgehead atoms. The van der Waals surface area contributed by atoms with Crippen LogP contribution in [0.1, 0.15) is 44.2 Å². The summed E-state index contributed by atoms with van der Waals surface area (Å²) in [6.07, 6.45) is -3.56. The number of rotatable bonds is 6. The maximum atomic E-state index is 13.3. The summed E-state index contributed by atoms with van der Waals surface area (Å²) in [5, 5.41) is 9.06. The molecule has 0 N–H and O–H groups in total. The van der Waals surface area contributed by atoms with E-state index >= 15 is 0 Å². The number of carbonyl (C=O) groups excluding carboxylic acids is 1. The number of alkyl halides is 3. The predicted octanol–water partition coefficient (Wildman–Crippen LogP) is 7.15. The van der Waals surface area contributed by atoms with E-state index in [0.717, 1.165) is 30.7 Å². The molecule has 1 aliphatic rings. The Morgan fingerprint density at radius 3 is 2.66 bits per heavy atom. The van der Waals surface area contributed by atoms with Crippen LogP contribution in [0, 0.1) is 0 Å². The van der Waals surface area contributed by atoms with Crippen LogP contribution in [0.3, 0.4) is 0 Å². The molecule has 0 spiro atoms. The third-order valence-corrected chi connectivity index (χ3v) is 6.85. The van der Waals surface area contributed by atoms with Gasteiger partial charge in [0.1, 0.15) is 5.76 Å². The van der Waals surface area contributed by atoms with Gasteiger partial charge in [0.25, 0.3) is 0 Å². The minimum absolute atomic E-state index is 0.178. The summed E-state index contributed by atoms with van der Waals surface area (Å²) < 4.78 is 52.1. The number of nitrogens with zero attached hydrogens (tertiary/aromatic N) is 4. The van der Waals surface area contributed by atoms with Crippen molar-refractivity contribution in [1.82, 2.24) is 15.2 Å². The smallest absolute Gasteiger partial charge is 0.416 e. The number of para-hydroxylation sites is 1. The van der Waals surface area contributed by atoms with Crippen molar-refractivity contribution in [1.29, 1.82) is 0 Å². The number of hydrogen-bond acceptors (Lipinski definition) is 7. The Labute approximate surface area is 221 Å². The Bertz CT molecular complexity index is 1470. The maximum absolute atomic E-state index is 13.3. The zero-order valence-corrected chi connectivity index (χ0v) is 21.3. The van der Waals surface area contributed by atoms with Crippen LogP contribution in [0.2, 0.25) is 0 Å². The van der Waals surface area contributed by atoms with Crippen molar-refractivity contribution >= 4 is 23.4 Å². The molecule has 5 rings (SSSR count). The van der Waals surface area contributed by atoms with Gasteiger partial charge in [-0.15, -0.1) is 10.2 Å². The predicted molar refractivity (Wildman–Crippen MR) is 137 cm³/mol. The normalized spacial score (nSPS) is 14.9. The van der Waals surface area contributed by atoms with Crippen LogP contribution in [-0.4, -0.2) is 26.8 Å². The first-order valence-electron chi connectivity index (χ1n) is 12.0. The van der Waals surface area contributed by atoms with Gasteiger partial charge < -0.3 is 9.15 Å². The molecule has 7 nitrogen and oxygen atoms in total. The zero-order valence-electron chi connectivity index (χ0n) is 20.5. The molecule has 3 heterocycles. The summed E-state index contributed by atoms with van der Waals surface area (Å²) >= 11 is 1.45. The lowest BCUT2D eigenvalue weighted by atomic mass is 10.1. The number of furan rings is 1. The molecular formula is C27H23F3N4O3S. The van der Waals surface area contributed by atoms with Gasteiger partial charge in [0, 0.05) is 23.8 Å². The van der Waals surface area contributed by atoms with E-state index in [1.54, 1.807) is 30.3 Å². The number of amides is 1. The molecule has 11 heteroatoms. The van der Waals surface area contributed by atoms with E-state index in [9.17, 15) is 18.0 Å². The van der Waals surface area contributed by atoms with Gasteiger partial charge in [0.2, 0.25) is 23.2 Å². The number of carbonyl (C=O) groups is 1. The first kappa shape index (κ1) is 25.8. The number of unbranched alkanes of at least 4 members (excludes halogenated alkanes) is 1. The highest BCUT2D eigenvalue weighted by Crippen LogP contribution is 2.44. The van der Waals surface area contributed by atoms with Gasteiger partial charge in [-0.1, -0.05) is 55.4 Å². The number of benzene rings is 2. The summed E-state index contributed by atoms with van der Waals surface area (Å²) in [6.45, 7) is 3.49. The Hall–Kier alpha value is -3.86. The average molecular weight is 541 g/mol. The molecule has 2 aromatic heterocycles. The summed E-state index contributed by atoms with van der Waals surface area (Å²) in [4.78, 5) is 18.9. The SMILES string of the molecule is CCCCSc1nnc2c(n1)O[C@@H](c1ccc(-c3cccc(C(F)(F)F)c3)o1)N(C(C)=O)c1ccccc1-2. The standard InChI is InChI=1S/C27H23F3N4O3S/c1-3-4-14-38-26-31-24-23(32-33-26)19-10-5-6-11-20(19)34(16(2)35)25(37-24)22-13-12-21(36-22)17-8-7-9-18(15-17)27(28,29)30/h5-13,15,25H,3-4,14H2,1-2H3/t25-/m0/s1. The monoisotopic (exact) mass is 540 g/mol. The van der Waals surface area contributed by atoms with Gasteiger partial charge in [0.05, 0.1) is 11.3 Å². The lowest BCUT2D eigenvalue weighted by molar-refractivity contribution is -0.137. The van der Waals surface area contributed by atoms with Crippen molar-refractivity contribution in [3.05, 3.63) is 72.0 Å². The molecule has 0 radical (unpaired) electrons. The van der Waals surface area contributed by atoms with Crippen LogP contribution in [0.15, 0.2) is 70.2 Å². The number of halogens is 3. The second-order valence-electron chi connectivity index (χ2n) is 8.61. The lowest BCUT2D eigenvalue weighted by Gasteiger charge is -2.28. The van der Waals surface area contributed by atoms with Gasteiger partial charge >= 0.3 is 6.18 Å². The molecule has 1 aliphatic heterocycles. The largest absolute Gasteiger partial charge is 0.455 e. The van der Waals surface area contributed by atoms with Crippen LogP contribution in [0.4, 0.5) is 18.9 Å². The molecule has 0 saturated heterocycles. The van der Waals surface area contributed by atoms with E-state index in [0.29, 0.717) is 22.1 Å². The fraction of sp³-hybridized carbons (Fsp3) is 0.259. The molecule has 0 saturated carbocycles. The van der Waals surface area contributed by atoms with Crippen LogP contribution < -0.4 is 9.64 Å². The van der Waals surface area contributed by atoms with Crippen molar-refractivity contribution in [2.24, 2.45) is 0 Å². The van der Waals surface area contributed by atoms with E-state index < -0.39 is 18.0 Å². The molecule has 0 aliphatic carbocycles. The van der Waals surface area contributed by atoms with Gasteiger partial charge in [0.15, 0.2) is 11.5 Å². The average Bonchev–Trinajstić information content (AvgIpc) is 3.33. The number of thioether (sulfide) groups is 1. The highest BCUT2D eigenvalue weighted by Gasteiger charge is 2.37. The van der Waals surface area contributed by atoms with E-state index in [1.165, 1.54) is 35.7 Å². The molecule has 0 unspecified atom stereocenters. The van der Waals surface area contributed by atoms with Crippen molar-refractivity contribution in [3.8, 4) is 28.5 Å². The Kier molecular flexibility index (Phi) is 7.11. The Morgan fingerprint density at radius 2 is 1.89 bits per heavy atom. The summed E-state index contributed by atoms with van der Waals surface area (Å²) in [5.74, 6) is 1.08. The van der Waals surface area contributed by atoms with Crippen molar-refractivity contribution < 1.29 is 27.1 Å². The molecule has 0 fully saturated rings. The molecular weight excluding hydrogens is 517 g/mol. The first-order valence-corrected chi connectivity index (χ1v) is 13.0. The fourth-order valence-corrected chi connectivity index (χ4v) is 4.96. The minimum atomic E-state index is -4.49. The lowest BCUT2D eigenvalue weighted by Crippen LogP contribution is -2.35. The van der Waals surface area contributed by atoms with Crippen LogP contribution in [0.5, 0.6) is 5.88 Å². The summed E-state index contributed by atoms with van der Waals surface area (Å²) in [5.41, 5.74) is 0.952. The van der Waals surface area contributed by atoms with Gasteiger partial charge in [-0.3, -0.25) is 9.69 Å². The highest BCUT2D eigenvalue weighted by molar-refractivity contribution is 7.99. The van der Waals surface area contributed by atoms with E-state index in [1.807, 2.05) is 6.07 Å². The van der Waals surface area contributed by atoms with Crippen LogP contribution >= 0.6 is 11.8 Å². The second kappa shape index (κ2) is 10.5. The number of hydrogen-bond donors (Lipinski definition) is 0. The molecule has 4 aromatic rings. The van der Waals surface area contributed by atoms with E-state index in [4.69, 9.17) is 9.15 Å². The van der Waals surface area contributed by atoms with E-state index in [-0.39, 0.29) is 28.9 Å². The fourth-order valence-electron chi connectivity index (χ4n) is 4.10. The third kappa shape index (κ3) is 5.10. The molecule has 1 amide bonds. The second-order valence-corrected chi connectivity index (χ2v) is 9.67. The molecule has 38 heavy (non-hydrogen) atoms. The molecule has 196 valence electrons. The Balaban J connectivity index is 1.58. The van der Waals surface area contributed by atoms with Crippen molar-refractivity contribution in [2.75, 3.05) is 10.7 Å². The topological polar surface area (TPSA) is 81.3 Å². The van der Waals surface area contributed by atoms with Gasteiger partial charge in [-0.25, -0.2) is 0 Å². The summed E-state index contributed by atoms with van der Waals surface area (Å²) in [6, 6.07) is 15.1. The molecule has 1 atom stereocenters. The maximum Gasteiger partial charge on any atom is 0.416 e. The number of ether oxygens (including phenoxy) is 1. The summed E-state index contributed by atoms with van der Waals surface area (Å²) in [7, 11) is 0. The third-order valence-electron chi connectivity index (χ3n) is 5.92. The minimum Gasteiger partial charge on any atom is -0.455 e. The van der Waals surface area contributed by atoms with E-state index in [2.05, 4.69) is 22.1 Å². The van der Waals surface area contributed by atoms with Gasteiger partial charge in [-0.05, 0) is 36.8 Å². The van der Waals surface area contributed by atoms with Crippen LogP contribution in [0.25, 0.3) is 22.6 Å². The van der Waals surface area contributed by atoms with Crippen molar-refractivity contribution in [3.63, 3.8) is 0 Å². The number of aromatic nitrogens is 3. The number of fused-ring (bicyclic) bond motifs is 3. The molecule has 2 aromatic carbocycles. The van der Waals surface area contributed by atoms with Gasteiger partial charge in [-0.2, -0.15) is 18.2 Å². The quantitative estimate of drug-likeness (QED) is 0.190.